The lowest BCUT2D eigenvalue weighted by Crippen LogP contribution is -2.53. The van der Waals surface area contributed by atoms with Gasteiger partial charge in [-0.2, -0.15) is 0 Å². The minimum absolute atomic E-state index is 0. The number of halogens is 1. The molecule has 20 heavy (non-hydrogen) atoms. The molecule has 2 amide bonds. The molecule has 2 atom stereocenters. The predicted molar refractivity (Wildman–Crippen MR) is 83.0 cm³/mol. The van der Waals surface area contributed by atoms with Crippen molar-refractivity contribution in [3.8, 4) is 0 Å². The van der Waals surface area contributed by atoms with Gasteiger partial charge >= 0.3 is 0 Å². The summed E-state index contributed by atoms with van der Waals surface area (Å²) in [5, 5.41) is 8.97. The van der Waals surface area contributed by atoms with E-state index >= 15 is 0 Å². The van der Waals surface area contributed by atoms with Gasteiger partial charge in [0.25, 0.3) is 0 Å². The van der Waals surface area contributed by atoms with Gasteiger partial charge < -0.3 is 16.0 Å². The number of hydrogen-bond donors (Lipinski definition) is 3. The summed E-state index contributed by atoms with van der Waals surface area (Å²) in [6.45, 7) is 9.16. The van der Waals surface area contributed by atoms with Gasteiger partial charge in [0, 0.05) is 18.5 Å². The van der Waals surface area contributed by atoms with Crippen molar-refractivity contribution in [3.05, 3.63) is 0 Å². The molecule has 1 fully saturated rings. The normalized spacial score (nSPS) is 22.6. The molecule has 1 heterocycles. The van der Waals surface area contributed by atoms with Crippen molar-refractivity contribution < 1.29 is 9.59 Å². The van der Waals surface area contributed by atoms with Crippen LogP contribution in [0, 0.1) is 5.41 Å². The molecule has 1 aliphatic heterocycles. The van der Waals surface area contributed by atoms with Crippen molar-refractivity contribution in [2.45, 2.75) is 59.0 Å². The van der Waals surface area contributed by atoms with Crippen molar-refractivity contribution in [1.82, 2.24) is 16.0 Å². The monoisotopic (exact) mass is 305 g/mol. The lowest BCUT2D eigenvalue weighted by Gasteiger charge is -2.30. The van der Waals surface area contributed by atoms with Gasteiger partial charge in [0.1, 0.15) is 0 Å². The molecule has 0 radical (unpaired) electrons. The molecule has 0 spiro atoms. The van der Waals surface area contributed by atoms with Gasteiger partial charge in [-0.05, 0) is 31.7 Å². The zero-order chi connectivity index (χ0) is 14.5. The standard InChI is InChI=1S/C14H27N3O2.ClH/c1-10-11(6-5-7-15-10)17-13(19)9-16-12(18)8-14(2,3)4;/h10-11,15H,5-9H2,1-4H3,(H,16,18)(H,17,19);1H. The fraction of sp³-hybridized carbons (Fsp3) is 0.857. The largest absolute Gasteiger partial charge is 0.350 e. The Bertz CT molecular complexity index is 329. The number of carbonyl (C=O) groups excluding carboxylic acids is 2. The van der Waals surface area contributed by atoms with Crippen LogP contribution in [-0.2, 0) is 9.59 Å². The summed E-state index contributed by atoms with van der Waals surface area (Å²) in [6, 6.07) is 0.462. The third-order valence-electron chi connectivity index (χ3n) is 3.25. The summed E-state index contributed by atoms with van der Waals surface area (Å²) < 4.78 is 0. The minimum atomic E-state index is -0.109. The van der Waals surface area contributed by atoms with E-state index in [2.05, 4.69) is 22.9 Å². The maximum atomic E-state index is 11.8. The first kappa shape index (κ1) is 19.2. The van der Waals surface area contributed by atoms with E-state index in [0.717, 1.165) is 19.4 Å². The molecule has 1 aliphatic rings. The Morgan fingerprint density at radius 3 is 2.45 bits per heavy atom. The molecule has 0 aliphatic carbocycles. The molecule has 0 aromatic carbocycles. The molecule has 3 N–H and O–H groups in total. The van der Waals surface area contributed by atoms with E-state index in [9.17, 15) is 9.59 Å². The summed E-state index contributed by atoms with van der Waals surface area (Å²) >= 11 is 0. The zero-order valence-electron chi connectivity index (χ0n) is 12.9. The quantitative estimate of drug-likeness (QED) is 0.731. The second kappa shape index (κ2) is 8.47. The molecule has 0 aromatic heterocycles. The van der Waals surface area contributed by atoms with E-state index in [1.165, 1.54) is 0 Å². The molecular weight excluding hydrogens is 278 g/mol. The van der Waals surface area contributed by atoms with Crippen molar-refractivity contribution in [2.75, 3.05) is 13.1 Å². The number of rotatable bonds is 4. The summed E-state index contributed by atoms with van der Waals surface area (Å²) in [5.41, 5.74) is -0.0532. The number of carbonyl (C=O) groups is 2. The van der Waals surface area contributed by atoms with Gasteiger partial charge in [0.05, 0.1) is 6.54 Å². The van der Waals surface area contributed by atoms with Crippen LogP contribution in [0.5, 0.6) is 0 Å². The van der Waals surface area contributed by atoms with E-state index in [4.69, 9.17) is 0 Å². The van der Waals surface area contributed by atoms with E-state index < -0.39 is 0 Å². The third-order valence-corrected chi connectivity index (χ3v) is 3.25. The van der Waals surface area contributed by atoms with Crippen LogP contribution in [0.1, 0.15) is 47.0 Å². The molecule has 6 heteroatoms. The van der Waals surface area contributed by atoms with Crippen LogP contribution >= 0.6 is 12.4 Å². The van der Waals surface area contributed by atoms with Crippen LogP contribution in [0.25, 0.3) is 0 Å². The van der Waals surface area contributed by atoms with E-state index in [0.29, 0.717) is 12.5 Å². The first-order valence-corrected chi connectivity index (χ1v) is 7.07. The molecule has 0 bridgehead atoms. The van der Waals surface area contributed by atoms with Crippen molar-refractivity contribution >= 4 is 24.2 Å². The first-order valence-electron chi connectivity index (χ1n) is 7.07. The Labute approximate surface area is 128 Å². The summed E-state index contributed by atoms with van der Waals surface area (Å²) in [7, 11) is 0. The summed E-state index contributed by atoms with van der Waals surface area (Å²) in [6.07, 6.45) is 2.50. The Kier molecular flexibility index (Phi) is 8.13. The van der Waals surface area contributed by atoms with Crippen molar-refractivity contribution in [1.29, 1.82) is 0 Å². The van der Waals surface area contributed by atoms with Gasteiger partial charge in [0.15, 0.2) is 0 Å². The number of amides is 2. The molecule has 118 valence electrons. The second-order valence-electron chi connectivity index (χ2n) is 6.57. The van der Waals surface area contributed by atoms with Crippen LogP contribution in [0.3, 0.4) is 0 Å². The Balaban J connectivity index is 0.00000361. The van der Waals surface area contributed by atoms with Crippen LogP contribution in [0.4, 0.5) is 0 Å². The minimum Gasteiger partial charge on any atom is -0.350 e. The van der Waals surface area contributed by atoms with E-state index in [1.807, 2.05) is 20.8 Å². The first-order chi connectivity index (χ1) is 8.78. The number of nitrogens with one attached hydrogen (secondary N) is 3. The molecule has 0 aromatic rings. The van der Waals surface area contributed by atoms with Crippen LogP contribution in [0.2, 0.25) is 0 Å². The lowest BCUT2D eigenvalue weighted by atomic mass is 9.92. The average molecular weight is 306 g/mol. The van der Waals surface area contributed by atoms with Gasteiger partial charge in [0.2, 0.25) is 11.8 Å². The highest BCUT2D eigenvalue weighted by Crippen LogP contribution is 2.17. The number of hydrogen-bond acceptors (Lipinski definition) is 3. The predicted octanol–water partition coefficient (Wildman–Crippen LogP) is 1.22. The maximum Gasteiger partial charge on any atom is 0.239 e. The molecule has 5 nitrogen and oxygen atoms in total. The van der Waals surface area contributed by atoms with E-state index in [-0.39, 0.29) is 42.2 Å². The fourth-order valence-electron chi connectivity index (χ4n) is 2.22. The topological polar surface area (TPSA) is 70.2 Å². The van der Waals surface area contributed by atoms with Gasteiger partial charge in [-0.3, -0.25) is 9.59 Å². The van der Waals surface area contributed by atoms with Crippen LogP contribution < -0.4 is 16.0 Å². The van der Waals surface area contributed by atoms with Gasteiger partial charge in [-0.1, -0.05) is 20.8 Å². The molecule has 1 saturated heterocycles. The second-order valence-corrected chi connectivity index (χ2v) is 6.57. The maximum absolute atomic E-state index is 11.8. The Hall–Kier alpha value is -0.810. The Morgan fingerprint density at radius 2 is 1.90 bits per heavy atom. The highest BCUT2D eigenvalue weighted by molar-refractivity contribution is 5.85. The summed E-state index contributed by atoms with van der Waals surface area (Å²) in [5.74, 6) is -0.180. The molecule has 0 saturated carbocycles. The highest BCUT2D eigenvalue weighted by Gasteiger charge is 2.22. The molecule has 2 unspecified atom stereocenters. The average Bonchev–Trinajstić information content (AvgIpc) is 2.27. The van der Waals surface area contributed by atoms with E-state index in [1.54, 1.807) is 0 Å². The van der Waals surface area contributed by atoms with Crippen LogP contribution in [-0.4, -0.2) is 37.0 Å². The van der Waals surface area contributed by atoms with Crippen LogP contribution in [0.15, 0.2) is 0 Å². The third kappa shape index (κ3) is 7.70. The fourth-order valence-corrected chi connectivity index (χ4v) is 2.22. The van der Waals surface area contributed by atoms with Gasteiger partial charge in [-0.15, -0.1) is 12.4 Å². The lowest BCUT2D eigenvalue weighted by molar-refractivity contribution is -0.127. The molecule has 1 rings (SSSR count). The Morgan fingerprint density at radius 1 is 1.25 bits per heavy atom. The highest BCUT2D eigenvalue weighted by atomic mass is 35.5. The van der Waals surface area contributed by atoms with Crippen molar-refractivity contribution in [2.24, 2.45) is 5.41 Å². The summed E-state index contributed by atoms with van der Waals surface area (Å²) in [4.78, 5) is 23.4. The van der Waals surface area contributed by atoms with Gasteiger partial charge in [-0.25, -0.2) is 0 Å². The zero-order valence-corrected chi connectivity index (χ0v) is 13.7. The SMILES string of the molecule is CC1NCCCC1NC(=O)CNC(=O)CC(C)(C)C.Cl. The molecular formula is C14H28ClN3O2. The smallest absolute Gasteiger partial charge is 0.239 e. The number of piperidine rings is 1. The van der Waals surface area contributed by atoms with Crippen molar-refractivity contribution in [3.63, 3.8) is 0 Å².